The second-order valence-electron chi connectivity index (χ2n) is 2.28. The molecule has 1 aromatic carbocycles. The van der Waals surface area contributed by atoms with Crippen LogP contribution in [0.25, 0.3) is 0 Å². The van der Waals surface area contributed by atoms with Crippen molar-refractivity contribution < 1.29 is 18.9 Å². The fourth-order valence-electron chi connectivity index (χ4n) is 0.735. The molecule has 0 amide bonds. The van der Waals surface area contributed by atoms with Crippen LogP contribution >= 0.6 is 55.6 Å². The molecule has 0 aliphatic rings. The highest BCUT2D eigenvalue weighted by molar-refractivity contribution is 9.11. The van der Waals surface area contributed by atoms with Crippen LogP contribution < -0.4 is 4.52 Å². The van der Waals surface area contributed by atoms with Crippen molar-refractivity contribution >= 4 is 55.6 Å². The number of phosphoric ester groups is 1. The number of phosphoric acid groups is 1. The smallest absolute Gasteiger partial charge is 0.402 e. The lowest BCUT2D eigenvalue weighted by atomic mass is 10.3. The molecule has 0 heterocycles. The summed E-state index contributed by atoms with van der Waals surface area (Å²) in [6.45, 7) is 0. The molecule has 0 aliphatic heterocycles. The van der Waals surface area contributed by atoms with Crippen molar-refractivity contribution in [3.63, 3.8) is 0 Å². The molecule has 0 aromatic heterocycles. The fraction of sp³-hybridized carbons (Fsp3) is 0. The van der Waals surface area contributed by atoms with Crippen molar-refractivity contribution in [3.8, 4) is 5.75 Å². The van der Waals surface area contributed by atoms with Crippen LogP contribution in [0.2, 0.25) is 0 Å². The summed E-state index contributed by atoms with van der Waals surface area (Å²) in [5.41, 5.74) is 0. The molecule has 14 heavy (non-hydrogen) atoms. The Bertz CT molecular complexity index is 379. The second kappa shape index (κ2) is 4.63. The standard InChI is InChI=1S/C6H4Br3O4P/c7-3-1-4(8)6(5(9)2-3)13-14(10,11)12/h1-2H,(H2,10,11,12). The van der Waals surface area contributed by atoms with Crippen LogP contribution in [0, 0.1) is 0 Å². The number of hydrogen-bond acceptors (Lipinski definition) is 2. The van der Waals surface area contributed by atoms with E-state index >= 15 is 0 Å². The molecule has 0 spiro atoms. The Balaban J connectivity index is 3.15. The molecule has 0 saturated heterocycles. The van der Waals surface area contributed by atoms with E-state index in [1.54, 1.807) is 12.1 Å². The van der Waals surface area contributed by atoms with Crippen LogP contribution in [0.3, 0.4) is 0 Å². The van der Waals surface area contributed by atoms with Crippen LogP contribution in [0.15, 0.2) is 25.6 Å². The van der Waals surface area contributed by atoms with E-state index in [-0.39, 0.29) is 5.75 Å². The SMILES string of the molecule is O=P(O)(O)Oc1c(Br)cc(Br)cc1Br. The first-order chi connectivity index (χ1) is 6.29. The lowest BCUT2D eigenvalue weighted by Gasteiger charge is -2.10. The Kier molecular flexibility index (Phi) is 4.20. The number of halogens is 3. The first kappa shape index (κ1) is 12.7. The number of rotatable bonds is 2. The molecule has 78 valence electrons. The number of benzene rings is 1. The second-order valence-corrected chi connectivity index (χ2v) is 6.07. The fourth-order valence-corrected chi connectivity index (χ4v) is 3.84. The van der Waals surface area contributed by atoms with Crippen molar-refractivity contribution in [2.24, 2.45) is 0 Å². The zero-order valence-corrected chi connectivity index (χ0v) is 12.1. The van der Waals surface area contributed by atoms with Crippen molar-refractivity contribution in [1.82, 2.24) is 0 Å². The van der Waals surface area contributed by atoms with E-state index in [0.717, 1.165) is 4.47 Å². The maximum atomic E-state index is 10.6. The molecule has 0 fully saturated rings. The van der Waals surface area contributed by atoms with E-state index in [4.69, 9.17) is 9.79 Å². The summed E-state index contributed by atoms with van der Waals surface area (Å²) in [6, 6.07) is 3.24. The molecule has 2 N–H and O–H groups in total. The molecule has 0 saturated carbocycles. The van der Waals surface area contributed by atoms with Crippen LogP contribution in [-0.4, -0.2) is 9.79 Å². The van der Waals surface area contributed by atoms with Gasteiger partial charge in [0, 0.05) is 4.47 Å². The minimum Gasteiger partial charge on any atom is -0.402 e. The Labute approximate surface area is 105 Å². The van der Waals surface area contributed by atoms with Crippen molar-refractivity contribution in [3.05, 3.63) is 25.6 Å². The van der Waals surface area contributed by atoms with E-state index in [1.807, 2.05) is 0 Å². The zero-order valence-electron chi connectivity index (χ0n) is 6.45. The lowest BCUT2D eigenvalue weighted by Crippen LogP contribution is -1.92. The summed E-state index contributed by atoms with van der Waals surface area (Å²) in [7, 11) is -4.53. The molecule has 4 nitrogen and oxygen atoms in total. The normalized spacial score (nSPS) is 11.5. The topological polar surface area (TPSA) is 66.8 Å². The highest BCUT2D eigenvalue weighted by Gasteiger charge is 2.20. The molecular weight excluding hydrogens is 407 g/mol. The van der Waals surface area contributed by atoms with Gasteiger partial charge in [0.15, 0.2) is 5.75 Å². The third kappa shape index (κ3) is 3.64. The summed E-state index contributed by atoms with van der Waals surface area (Å²) in [5, 5.41) is 0. The molecule has 1 rings (SSSR count). The third-order valence-electron chi connectivity index (χ3n) is 1.17. The highest BCUT2D eigenvalue weighted by Crippen LogP contribution is 2.45. The molecule has 0 aliphatic carbocycles. The molecular formula is C6H4Br3O4P. The van der Waals surface area contributed by atoms with Gasteiger partial charge in [-0.1, -0.05) is 15.9 Å². The first-order valence-electron chi connectivity index (χ1n) is 3.19. The Morgan fingerprint density at radius 3 is 1.93 bits per heavy atom. The summed E-state index contributed by atoms with van der Waals surface area (Å²) in [6.07, 6.45) is 0. The summed E-state index contributed by atoms with van der Waals surface area (Å²) < 4.78 is 16.7. The average molecular weight is 411 g/mol. The minimum atomic E-state index is -4.53. The molecule has 0 atom stereocenters. The summed E-state index contributed by atoms with van der Waals surface area (Å²) in [5.74, 6) is 0.0709. The lowest BCUT2D eigenvalue weighted by molar-refractivity contribution is 0.282. The Morgan fingerprint density at radius 2 is 1.57 bits per heavy atom. The molecule has 0 unspecified atom stereocenters. The van der Waals surface area contributed by atoms with Gasteiger partial charge in [0.2, 0.25) is 0 Å². The minimum absolute atomic E-state index is 0.0709. The van der Waals surface area contributed by atoms with E-state index in [2.05, 4.69) is 52.3 Å². The first-order valence-corrected chi connectivity index (χ1v) is 7.10. The quantitative estimate of drug-likeness (QED) is 0.733. The van der Waals surface area contributed by atoms with Gasteiger partial charge in [-0.2, -0.15) is 0 Å². The van der Waals surface area contributed by atoms with Crippen LogP contribution in [0.4, 0.5) is 0 Å². The van der Waals surface area contributed by atoms with Gasteiger partial charge < -0.3 is 4.52 Å². The Morgan fingerprint density at radius 1 is 1.14 bits per heavy atom. The van der Waals surface area contributed by atoms with Gasteiger partial charge in [0.05, 0.1) is 8.95 Å². The van der Waals surface area contributed by atoms with Crippen molar-refractivity contribution in [2.45, 2.75) is 0 Å². The van der Waals surface area contributed by atoms with Crippen LogP contribution in [0.5, 0.6) is 5.75 Å². The molecule has 0 radical (unpaired) electrons. The Hall–Kier alpha value is 0.610. The van der Waals surface area contributed by atoms with Gasteiger partial charge in [-0.25, -0.2) is 4.57 Å². The average Bonchev–Trinajstić information content (AvgIpc) is 1.95. The molecule has 1 aromatic rings. The largest absolute Gasteiger partial charge is 0.524 e. The molecule has 8 heteroatoms. The highest BCUT2D eigenvalue weighted by atomic mass is 79.9. The van der Waals surface area contributed by atoms with Crippen LogP contribution in [0.1, 0.15) is 0 Å². The predicted molar refractivity (Wildman–Crippen MR) is 62.2 cm³/mol. The number of hydrogen-bond donors (Lipinski definition) is 2. The predicted octanol–water partition coefficient (Wildman–Crippen LogP) is 3.45. The van der Waals surface area contributed by atoms with E-state index < -0.39 is 7.82 Å². The van der Waals surface area contributed by atoms with Gasteiger partial charge in [0.1, 0.15) is 0 Å². The van der Waals surface area contributed by atoms with E-state index in [9.17, 15) is 4.57 Å². The third-order valence-corrected chi connectivity index (χ3v) is 3.23. The monoisotopic (exact) mass is 408 g/mol. The maximum Gasteiger partial charge on any atom is 0.524 e. The zero-order chi connectivity index (χ0) is 10.9. The van der Waals surface area contributed by atoms with Crippen molar-refractivity contribution in [2.75, 3.05) is 0 Å². The molecule has 0 bridgehead atoms. The van der Waals surface area contributed by atoms with Crippen molar-refractivity contribution in [1.29, 1.82) is 0 Å². The van der Waals surface area contributed by atoms with Gasteiger partial charge in [-0.15, -0.1) is 0 Å². The van der Waals surface area contributed by atoms with Gasteiger partial charge >= 0.3 is 7.82 Å². The maximum absolute atomic E-state index is 10.6. The van der Waals surface area contributed by atoms with Gasteiger partial charge in [0.25, 0.3) is 0 Å². The van der Waals surface area contributed by atoms with E-state index in [1.165, 1.54) is 0 Å². The summed E-state index contributed by atoms with van der Waals surface area (Å²) in [4.78, 5) is 17.2. The summed E-state index contributed by atoms with van der Waals surface area (Å²) >= 11 is 9.46. The van der Waals surface area contributed by atoms with Crippen LogP contribution in [-0.2, 0) is 4.57 Å². The van der Waals surface area contributed by atoms with E-state index in [0.29, 0.717) is 8.95 Å². The van der Waals surface area contributed by atoms with Gasteiger partial charge in [-0.3, -0.25) is 9.79 Å². The van der Waals surface area contributed by atoms with Gasteiger partial charge in [-0.05, 0) is 44.0 Å².